The molecule has 1 aliphatic heterocycles. The van der Waals surface area contributed by atoms with Crippen molar-refractivity contribution in [2.24, 2.45) is 5.92 Å². The monoisotopic (exact) mass is 396 g/mol. The average molecular weight is 397 g/mol. The molecule has 1 atom stereocenters. The lowest BCUT2D eigenvalue weighted by Crippen LogP contribution is -2.43. The Balaban J connectivity index is 1.36. The predicted octanol–water partition coefficient (Wildman–Crippen LogP) is 4.57. The largest absolute Gasteiger partial charge is 0.355 e. The van der Waals surface area contributed by atoms with E-state index in [-0.39, 0.29) is 11.8 Å². The van der Waals surface area contributed by atoms with Crippen molar-refractivity contribution in [3.63, 3.8) is 0 Å². The van der Waals surface area contributed by atoms with Crippen LogP contribution in [0.15, 0.2) is 48.5 Å². The van der Waals surface area contributed by atoms with E-state index in [4.69, 9.17) is 0 Å². The molecule has 150 valence electrons. The van der Waals surface area contributed by atoms with Crippen LogP contribution < -0.4 is 5.32 Å². The molecule has 1 aliphatic rings. The summed E-state index contributed by atoms with van der Waals surface area (Å²) in [5.74, 6) is 2.32. The minimum atomic E-state index is 0.125. The first kappa shape index (κ1) is 20.9. The number of benzene rings is 2. The number of nitrogens with zero attached hydrogens (tertiary/aromatic N) is 1. The number of hydrogen-bond acceptors (Lipinski definition) is 3. The zero-order valence-electron chi connectivity index (χ0n) is 17.1. The Morgan fingerprint density at radius 3 is 2.57 bits per heavy atom. The van der Waals surface area contributed by atoms with Gasteiger partial charge < -0.3 is 5.32 Å². The molecular weight excluding hydrogens is 364 g/mol. The SMILES string of the molecule is Cc1cccc(CSCCNC(=O)C2CCCN(Cc3cccc(C)c3)C2)c1. The molecule has 1 amide bonds. The topological polar surface area (TPSA) is 32.3 Å². The summed E-state index contributed by atoms with van der Waals surface area (Å²) in [6.07, 6.45) is 2.11. The molecule has 3 rings (SSSR count). The minimum Gasteiger partial charge on any atom is -0.355 e. The first-order chi connectivity index (χ1) is 13.6. The Morgan fingerprint density at radius 2 is 1.82 bits per heavy atom. The van der Waals surface area contributed by atoms with E-state index in [0.717, 1.165) is 50.5 Å². The van der Waals surface area contributed by atoms with Gasteiger partial charge in [0.05, 0.1) is 5.92 Å². The first-order valence-corrected chi connectivity index (χ1v) is 11.4. The molecule has 2 aromatic carbocycles. The number of likely N-dealkylation sites (tertiary alicyclic amines) is 1. The van der Waals surface area contributed by atoms with Crippen molar-refractivity contribution < 1.29 is 4.79 Å². The number of rotatable bonds is 8. The van der Waals surface area contributed by atoms with E-state index in [2.05, 4.69) is 72.6 Å². The second-order valence-electron chi connectivity index (χ2n) is 7.90. The summed E-state index contributed by atoms with van der Waals surface area (Å²) < 4.78 is 0. The van der Waals surface area contributed by atoms with E-state index < -0.39 is 0 Å². The van der Waals surface area contributed by atoms with E-state index in [1.807, 2.05) is 11.8 Å². The van der Waals surface area contributed by atoms with Gasteiger partial charge in [0.15, 0.2) is 0 Å². The summed E-state index contributed by atoms with van der Waals surface area (Å²) in [7, 11) is 0. The highest BCUT2D eigenvalue weighted by Crippen LogP contribution is 2.19. The molecule has 2 aromatic rings. The van der Waals surface area contributed by atoms with Crippen LogP contribution in [-0.2, 0) is 17.1 Å². The molecule has 1 heterocycles. The van der Waals surface area contributed by atoms with Crippen LogP contribution in [0.4, 0.5) is 0 Å². The Bertz CT molecular complexity index is 777. The van der Waals surface area contributed by atoms with Gasteiger partial charge in [-0.05, 0) is 44.4 Å². The summed E-state index contributed by atoms with van der Waals surface area (Å²) in [4.78, 5) is 15.0. The van der Waals surface area contributed by atoms with Crippen LogP contribution in [0.1, 0.15) is 35.1 Å². The van der Waals surface area contributed by atoms with Crippen LogP contribution in [0.3, 0.4) is 0 Å². The number of carbonyl (C=O) groups excluding carboxylic acids is 1. The van der Waals surface area contributed by atoms with Gasteiger partial charge in [-0.3, -0.25) is 9.69 Å². The normalized spacial score (nSPS) is 17.4. The molecule has 0 saturated carbocycles. The van der Waals surface area contributed by atoms with E-state index in [1.54, 1.807) is 0 Å². The smallest absolute Gasteiger partial charge is 0.224 e. The molecule has 0 spiro atoms. The molecule has 3 nitrogen and oxygen atoms in total. The van der Waals surface area contributed by atoms with Crippen LogP contribution in [0.25, 0.3) is 0 Å². The lowest BCUT2D eigenvalue weighted by Gasteiger charge is -2.32. The molecule has 0 aliphatic carbocycles. The van der Waals surface area contributed by atoms with Crippen LogP contribution in [0.2, 0.25) is 0 Å². The number of thioether (sulfide) groups is 1. The third kappa shape index (κ3) is 6.68. The van der Waals surface area contributed by atoms with Gasteiger partial charge in [-0.15, -0.1) is 0 Å². The van der Waals surface area contributed by atoms with E-state index in [0.29, 0.717) is 0 Å². The maximum atomic E-state index is 12.6. The van der Waals surface area contributed by atoms with Crippen molar-refractivity contribution in [2.75, 3.05) is 25.4 Å². The average Bonchev–Trinajstić information content (AvgIpc) is 2.68. The van der Waals surface area contributed by atoms with Crippen LogP contribution in [0.5, 0.6) is 0 Å². The second-order valence-corrected chi connectivity index (χ2v) is 9.00. The minimum absolute atomic E-state index is 0.125. The number of piperidine rings is 1. The predicted molar refractivity (Wildman–Crippen MR) is 120 cm³/mol. The number of carbonyl (C=O) groups is 1. The van der Waals surface area contributed by atoms with Crippen molar-refractivity contribution in [3.8, 4) is 0 Å². The molecule has 28 heavy (non-hydrogen) atoms. The highest BCUT2D eigenvalue weighted by atomic mass is 32.2. The molecule has 0 bridgehead atoms. The van der Waals surface area contributed by atoms with Crippen molar-refractivity contribution in [3.05, 3.63) is 70.8 Å². The fourth-order valence-electron chi connectivity index (χ4n) is 3.86. The first-order valence-electron chi connectivity index (χ1n) is 10.3. The van der Waals surface area contributed by atoms with Crippen LogP contribution >= 0.6 is 11.8 Å². The number of nitrogens with one attached hydrogen (secondary N) is 1. The molecule has 1 saturated heterocycles. The fraction of sp³-hybridized carbons (Fsp3) is 0.458. The van der Waals surface area contributed by atoms with Gasteiger partial charge in [-0.2, -0.15) is 11.8 Å². The molecule has 0 aromatic heterocycles. The van der Waals surface area contributed by atoms with Crippen LogP contribution in [-0.4, -0.2) is 36.2 Å². The zero-order valence-corrected chi connectivity index (χ0v) is 17.9. The second kappa shape index (κ2) is 10.7. The third-order valence-electron chi connectivity index (χ3n) is 5.26. The van der Waals surface area contributed by atoms with Gasteiger partial charge in [0.25, 0.3) is 0 Å². The van der Waals surface area contributed by atoms with Gasteiger partial charge in [0, 0.05) is 31.1 Å². The maximum Gasteiger partial charge on any atom is 0.224 e. The maximum absolute atomic E-state index is 12.6. The standard InChI is InChI=1S/C24H32N2OS/c1-19-6-3-8-21(14-19)16-26-12-5-10-23(17-26)24(27)25-11-13-28-18-22-9-4-7-20(2)15-22/h3-4,6-9,14-15,23H,5,10-13,16-18H2,1-2H3,(H,25,27). The van der Waals surface area contributed by atoms with Crippen molar-refractivity contribution in [1.29, 1.82) is 0 Å². The van der Waals surface area contributed by atoms with Gasteiger partial charge >= 0.3 is 0 Å². The van der Waals surface area contributed by atoms with E-state index in [9.17, 15) is 4.79 Å². The molecule has 1 fully saturated rings. The van der Waals surface area contributed by atoms with Gasteiger partial charge in [-0.25, -0.2) is 0 Å². The quantitative estimate of drug-likeness (QED) is 0.664. The summed E-state index contributed by atoms with van der Waals surface area (Å²) in [6, 6.07) is 17.3. The Hall–Kier alpha value is -1.78. The number of aryl methyl sites for hydroxylation is 2. The van der Waals surface area contributed by atoms with Crippen molar-refractivity contribution >= 4 is 17.7 Å². The summed E-state index contributed by atoms with van der Waals surface area (Å²) in [6.45, 7) is 7.91. The molecule has 1 N–H and O–H groups in total. The lowest BCUT2D eigenvalue weighted by molar-refractivity contribution is -0.126. The highest BCUT2D eigenvalue weighted by Gasteiger charge is 2.25. The number of amides is 1. The Morgan fingerprint density at radius 1 is 1.11 bits per heavy atom. The summed E-state index contributed by atoms with van der Waals surface area (Å²) >= 11 is 1.88. The zero-order chi connectivity index (χ0) is 19.8. The summed E-state index contributed by atoms with van der Waals surface area (Å²) in [5, 5.41) is 3.16. The van der Waals surface area contributed by atoms with Gasteiger partial charge in [0.2, 0.25) is 5.91 Å². The Kier molecular flexibility index (Phi) is 7.99. The van der Waals surface area contributed by atoms with Gasteiger partial charge in [-0.1, -0.05) is 59.7 Å². The lowest BCUT2D eigenvalue weighted by atomic mass is 9.96. The Labute approximate surface area is 173 Å². The highest BCUT2D eigenvalue weighted by molar-refractivity contribution is 7.98. The third-order valence-corrected chi connectivity index (χ3v) is 6.29. The molecule has 1 unspecified atom stereocenters. The molecule has 4 heteroatoms. The molecular formula is C24H32N2OS. The summed E-state index contributed by atoms with van der Waals surface area (Å²) in [5.41, 5.74) is 5.30. The van der Waals surface area contributed by atoms with Crippen LogP contribution in [0, 0.1) is 19.8 Å². The number of hydrogen-bond donors (Lipinski definition) is 1. The van der Waals surface area contributed by atoms with Crippen molar-refractivity contribution in [1.82, 2.24) is 10.2 Å². The van der Waals surface area contributed by atoms with Gasteiger partial charge in [0.1, 0.15) is 0 Å². The fourth-order valence-corrected chi connectivity index (χ4v) is 4.67. The van der Waals surface area contributed by atoms with Crippen molar-refractivity contribution in [2.45, 2.75) is 39.0 Å². The molecule has 0 radical (unpaired) electrons. The van der Waals surface area contributed by atoms with E-state index >= 15 is 0 Å². The van der Waals surface area contributed by atoms with E-state index in [1.165, 1.54) is 22.3 Å².